The third-order valence-corrected chi connectivity index (χ3v) is 21.6. The first-order valence-corrected chi connectivity index (χ1v) is 40.1. The second-order valence-corrected chi connectivity index (χ2v) is 29.4. The number of aryl methyl sites for hydroxylation is 2. The number of fused-ring (bicyclic) bond motifs is 1. The number of aromatic nitrogens is 2. The lowest BCUT2D eigenvalue weighted by Crippen LogP contribution is -2.28. The molecule has 0 aliphatic heterocycles. The molecule has 2 atom stereocenters. The minimum atomic E-state index is 0.124. The summed E-state index contributed by atoms with van der Waals surface area (Å²) >= 11 is 3.54. The highest BCUT2D eigenvalue weighted by Crippen LogP contribution is 2.35. The van der Waals surface area contributed by atoms with Gasteiger partial charge in [-0.1, -0.05) is 363 Å². The van der Waals surface area contributed by atoms with Crippen LogP contribution in [0.1, 0.15) is 387 Å². The van der Waals surface area contributed by atoms with Crippen molar-refractivity contribution in [3.05, 3.63) is 66.9 Å². The summed E-state index contributed by atoms with van der Waals surface area (Å²) < 4.78 is 4.25. The molecule has 4 rings (SSSR count). The molecule has 0 saturated heterocycles. The van der Waals surface area contributed by atoms with Crippen LogP contribution in [0.3, 0.4) is 0 Å². The van der Waals surface area contributed by atoms with Gasteiger partial charge in [0.1, 0.15) is 0 Å². The number of rotatable bonds is 60. The zero-order chi connectivity index (χ0) is 61.3. The van der Waals surface area contributed by atoms with Crippen LogP contribution in [0.2, 0.25) is 0 Å². The summed E-state index contributed by atoms with van der Waals surface area (Å²) in [6, 6.07) is 9.10. The summed E-state index contributed by atoms with van der Waals surface area (Å²) in [5.74, 6) is 1.38. The third kappa shape index (κ3) is 32.5. The highest BCUT2D eigenvalue weighted by atomic mass is 32.1. The predicted octanol–water partition coefficient (Wildman–Crippen LogP) is 27.3. The Morgan fingerprint density at radius 2 is 0.512 bits per heavy atom. The van der Waals surface area contributed by atoms with Crippen molar-refractivity contribution in [2.24, 2.45) is 11.8 Å². The topological polar surface area (TPSA) is 44.0 Å². The van der Waals surface area contributed by atoms with Crippen LogP contribution in [-0.2, 0) is 25.9 Å². The van der Waals surface area contributed by atoms with Gasteiger partial charge >= 0.3 is 0 Å². The van der Waals surface area contributed by atoms with Gasteiger partial charge < -0.3 is 9.13 Å². The number of hydrogen-bond donors (Lipinski definition) is 0. The molecule has 0 bridgehead atoms. The Bertz CT molecular complexity index is 2170. The van der Waals surface area contributed by atoms with E-state index in [1.807, 2.05) is 0 Å². The molecule has 86 heavy (non-hydrogen) atoms. The molecular weight excluding hydrogens is 1090 g/mol. The van der Waals surface area contributed by atoms with Crippen LogP contribution in [0.4, 0.5) is 0 Å². The van der Waals surface area contributed by atoms with Crippen LogP contribution in [0.25, 0.3) is 31.9 Å². The fourth-order valence-corrected chi connectivity index (χ4v) is 15.8. The molecule has 4 nitrogen and oxygen atoms in total. The van der Waals surface area contributed by atoms with Gasteiger partial charge in [0, 0.05) is 22.8 Å². The van der Waals surface area contributed by atoms with Crippen LogP contribution < -0.4 is 11.1 Å². The SMILES string of the molecule is CCCCCCCCCCCCC(CCCCCCCCCC)Cc1csc(-c2cc3c(cc(-c4cc(CC(CCCCCCCCCC)CCCCCCCCCCCC)cs4)c(=O)n3CCCCCCCC)n(CCCCCCCC)c2=O)c1. The molecule has 0 fully saturated rings. The molecule has 2 unspecified atom stereocenters. The summed E-state index contributed by atoms with van der Waals surface area (Å²) in [6.07, 6.45) is 71.2. The highest BCUT2D eigenvalue weighted by molar-refractivity contribution is 7.14. The maximum Gasteiger partial charge on any atom is 0.259 e. The molecule has 4 aromatic rings. The standard InChI is InChI=1S/C80H138N2O2S2/c1-7-13-19-25-31-35-37-41-45-51-57-69(55-49-43-39-33-27-21-15-9-3)61-71-63-77(85-67-71)73-65-75-76(81(79(73)83)59-53-47-29-23-17-11-5)66-74(80(84)82(75)60-54-48-30-24-18-12-6)78-64-72(68-86-78)62-70(56-50-44-40-34-28-22-16-10-4)58-52-46-42-38-36-32-26-20-14-8-2/h63-70H,7-62H2,1-6H3. The maximum absolute atomic E-state index is 15.4. The molecule has 0 N–H and O–H groups in total. The molecule has 6 heteroatoms. The Balaban J connectivity index is 1.65. The van der Waals surface area contributed by atoms with E-state index in [1.165, 1.54) is 319 Å². The average molecular weight is 1220 g/mol. The summed E-state index contributed by atoms with van der Waals surface area (Å²) in [5, 5.41) is 4.77. The maximum atomic E-state index is 15.4. The van der Waals surface area contributed by atoms with Crippen LogP contribution in [0.5, 0.6) is 0 Å². The lowest BCUT2D eigenvalue weighted by molar-refractivity contribution is 0.400. The van der Waals surface area contributed by atoms with Crippen LogP contribution in [0, 0.1) is 11.8 Å². The van der Waals surface area contributed by atoms with Crippen molar-refractivity contribution in [2.45, 2.75) is 401 Å². The molecule has 4 aromatic heterocycles. The summed E-state index contributed by atoms with van der Waals surface area (Å²) in [7, 11) is 0. The van der Waals surface area contributed by atoms with Gasteiger partial charge in [-0.2, -0.15) is 0 Å². The van der Waals surface area contributed by atoms with Crippen LogP contribution in [0.15, 0.2) is 44.6 Å². The zero-order valence-electron chi connectivity index (χ0n) is 57.7. The number of nitrogens with zero attached hydrogens (tertiary/aromatic N) is 2. The lowest BCUT2D eigenvalue weighted by atomic mass is 9.89. The molecule has 4 heterocycles. The van der Waals surface area contributed by atoms with Crippen molar-refractivity contribution in [3.63, 3.8) is 0 Å². The van der Waals surface area contributed by atoms with Crippen molar-refractivity contribution >= 4 is 33.7 Å². The first-order valence-electron chi connectivity index (χ1n) is 38.4. The molecule has 0 amide bonds. The van der Waals surface area contributed by atoms with Gasteiger partial charge in [0.25, 0.3) is 11.1 Å². The fraction of sp³-hybridized carbons (Fsp3) is 0.800. The Morgan fingerprint density at radius 3 is 0.756 bits per heavy atom. The highest BCUT2D eigenvalue weighted by Gasteiger charge is 2.22. The molecule has 0 aliphatic carbocycles. The van der Waals surface area contributed by atoms with Gasteiger partial charge in [0.05, 0.1) is 22.2 Å². The number of pyridine rings is 2. The molecule has 492 valence electrons. The van der Waals surface area contributed by atoms with E-state index >= 15 is 9.59 Å². The van der Waals surface area contributed by atoms with E-state index in [2.05, 4.69) is 85.7 Å². The van der Waals surface area contributed by atoms with Crippen molar-refractivity contribution < 1.29 is 0 Å². The average Bonchev–Trinajstić information content (AvgIpc) is 3.18. The number of hydrogen-bond acceptors (Lipinski definition) is 4. The van der Waals surface area contributed by atoms with Crippen molar-refractivity contribution in [3.8, 4) is 20.9 Å². The summed E-state index contributed by atoms with van der Waals surface area (Å²) in [4.78, 5) is 32.9. The van der Waals surface area contributed by atoms with Gasteiger partial charge in [-0.3, -0.25) is 9.59 Å². The lowest BCUT2D eigenvalue weighted by Gasteiger charge is -2.18. The quantitative estimate of drug-likeness (QED) is 0.0414. The monoisotopic (exact) mass is 1220 g/mol. The van der Waals surface area contributed by atoms with Gasteiger partial charge in [0.2, 0.25) is 0 Å². The normalized spacial score (nSPS) is 12.6. The minimum Gasteiger partial charge on any atom is -0.306 e. The van der Waals surface area contributed by atoms with E-state index in [0.717, 1.165) is 70.4 Å². The minimum absolute atomic E-state index is 0.124. The van der Waals surface area contributed by atoms with E-state index in [1.54, 1.807) is 22.7 Å². The zero-order valence-corrected chi connectivity index (χ0v) is 59.4. The van der Waals surface area contributed by atoms with Gasteiger partial charge in [0.15, 0.2) is 0 Å². The Kier molecular flexibility index (Phi) is 45.3. The van der Waals surface area contributed by atoms with Crippen molar-refractivity contribution in [1.29, 1.82) is 0 Å². The second-order valence-electron chi connectivity index (χ2n) is 27.6. The first-order chi connectivity index (χ1) is 42.4. The first kappa shape index (κ1) is 76.0. The molecule has 0 radical (unpaired) electrons. The number of unbranched alkanes of at least 4 members (excludes halogenated alkanes) is 42. The van der Waals surface area contributed by atoms with E-state index < -0.39 is 0 Å². The van der Waals surface area contributed by atoms with E-state index in [9.17, 15) is 0 Å². The molecule has 0 aliphatic rings. The van der Waals surface area contributed by atoms with Gasteiger partial charge in [-0.15, -0.1) is 22.7 Å². The van der Waals surface area contributed by atoms with Gasteiger partial charge in [-0.25, -0.2) is 0 Å². The second kappa shape index (κ2) is 51.2. The molecular formula is C80H138N2O2S2. The molecule has 0 saturated carbocycles. The molecule has 0 aromatic carbocycles. The summed E-state index contributed by atoms with van der Waals surface area (Å²) in [5.41, 5.74) is 6.55. The number of thiophene rings is 2. The fourth-order valence-electron chi connectivity index (χ4n) is 14.0. The van der Waals surface area contributed by atoms with Crippen LogP contribution in [-0.4, -0.2) is 9.13 Å². The smallest absolute Gasteiger partial charge is 0.259 e. The van der Waals surface area contributed by atoms with E-state index in [4.69, 9.17) is 0 Å². The Hall–Kier alpha value is -2.44. The van der Waals surface area contributed by atoms with Crippen LogP contribution >= 0.6 is 22.7 Å². The van der Waals surface area contributed by atoms with Crippen molar-refractivity contribution in [1.82, 2.24) is 9.13 Å². The summed E-state index contributed by atoms with van der Waals surface area (Å²) in [6.45, 7) is 15.2. The predicted molar refractivity (Wildman–Crippen MR) is 388 cm³/mol. The van der Waals surface area contributed by atoms with Crippen molar-refractivity contribution in [2.75, 3.05) is 0 Å². The van der Waals surface area contributed by atoms with E-state index in [-0.39, 0.29) is 11.1 Å². The Labute approximate surface area is 540 Å². The Morgan fingerprint density at radius 1 is 0.291 bits per heavy atom. The molecule has 0 spiro atoms. The third-order valence-electron chi connectivity index (χ3n) is 19.6. The largest absolute Gasteiger partial charge is 0.306 e. The van der Waals surface area contributed by atoms with Gasteiger partial charge in [-0.05, 0) is 83.7 Å². The van der Waals surface area contributed by atoms with E-state index in [0.29, 0.717) is 24.9 Å².